The molecule has 0 atom stereocenters. The number of ketones is 1. The number of aromatic carboxylic acids is 1. The first kappa shape index (κ1) is 9.74. The standard InChI is InChI=1S/C9H7ClO3/c1-5(11)6-3-2-4-7(10)8(6)9(12)13/h2-4H,1H3,(H,12,13). The SMILES string of the molecule is CC(=O)c1cccc(Cl)c1C(=O)O. The lowest BCUT2D eigenvalue weighted by Crippen LogP contribution is -2.06. The predicted molar refractivity (Wildman–Crippen MR) is 48.4 cm³/mol. The van der Waals surface area contributed by atoms with E-state index in [-0.39, 0.29) is 21.9 Å². The second-order valence-electron chi connectivity index (χ2n) is 2.52. The summed E-state index contributed by atoms with van der Waals surface area (Å²) in [5.74, 6) is -1.49. The molecule has 0 spiro atoms. The Labute approximate surface area is 79.9 Å². The number of carboxylic acid groups (broad SMARTS) is 1. The van der Waals surface area contributed by atoms with Gasteiger partial charge in [0.2, 0.25) is 0 Å². The largest absolute Gasteiger partial charge is 0.478 e. The van der Waals surface area contributed by atoms with Gasteiger partial charge in [-0.25, -0.2) is 4.79 Å². The molecule has 0 aromatic heterocycles. The molecule has 0 unspecified atom stereocenters. The number of benzene rings is 1. The van der Waals surface area contributed by atoms with Gasteiger partial charge in [0.15, 0.2) is 5.78 Å². The quantitative estimate of drug-likeness (QED) is 0.742. The number of carbonyl (C=O) groups is 2. The van der Waals surface area contributed by atoms with Gasteiger partial charge < -0.3 is 5.11 Å². The molecule has 4 heteroatoms. The molecule has 0 aliphatic heterocycles. The zero-order valence-electron chi connectivity index (χ0n) is 6.87. The molecule has 1 aromatic rings. The number of carbonyl (C=O) groups excluding carboxylic acids is 1. The number of Topliss-reactive ketones (excluding diaryl/α,β-unsaturated/α-hetero) is 1. The molecular formula is C9H7ClO3. The normalized spacial score (nSPS) is 9.69. The number of carboxylic acids is 1. The van der Waals surface area contributed by atoms with Crippen molar-refractivity contribution in [3.8, 4) is 0 Å². The third-order valence-corrected chi connectivity index (χ3v) is 1.92. The van der Waals surface area contributed by atoms with E-state index in [1.807, 2.05) is 0 Å². The zero-order chi connectivity index (χ0) is 10.0. The van der Waals surface area contributed by atoms with Crippen LogP contribution < -0.4 is 0 Å². The summed E-state index contributed by atoms with van der Waals surface area (Å²) in [4.78, 5) is 21.7. The molecule has 0 saturated heterocycles. The van der Waals surface area contributed by atoms with E-state index in [2.05, 4.69) is 0 Å². The monoisotopic (exact) mass is 198 g/mol. The van der Waals surface area contributed by atoms with Gasteiger partial charge in [0.05, 0.1) is 10.6 Å². The van der Waals surface area contributed by atoms with E-state index in [0.29, 0.717) is 0 Å². The first-order chi connectivity index (χ1) is 6.04. The Morgan fingerprint density at radius 1 is 1.38 bits per heavy atom. The summed E-state index contributed by atoms with van der Waals surface area (Å²) in [5.41, 5.74) is 0.0108. The highest BCUT2D eigenvalue weighted by Crippen LogP contribution is 2.20. The molecule has 1 rings (SSSR count). The highest BCUT2D eigenvalue weighted by Gasteiger charge is 2.16. The van der Waals surface area contributed by atoms with Crippen molar-refractivity contribution >= 4 is 23.4 Å². The Bertz CT molecular complexity index is 371. The average molecular weight is 199 g/mol. The van der Waals surface area contributed by atoms with E-state index in [1.54, 1.807) is 6.07 Å². The molecule has 1 N–H and O–H groups in total. The second kappa shape index (κ2) is 3.58. The molecule has 0 aliphatic rings. The molecule has 13 heavy (non-hydrogen) atoms. The van der Waals surface area contributed by atoms with Crippen molar-refractivity contribution in [2.24, 2.45) is 0 Å². The number of rotatable bonds is 2. The van der Waals surface area contributed by atoms with E-state index in [0.717, 1.165) is 0 Å². The summed E-state index contributed by atoms with van der Waals surface area (Å²) in [7, 11) is 0. The first-order valence-electron chi connectivity index (χ1n) is 3.56. The molecule has 68 valence electrons. The third-order valence-electron chi connectivity index (χ3n) is 1.61. The van der Waals surface area contributed by atoms with Crippen molar-refractivity contribution in [3.05, 3.63) is 34.3 Å². The predicted octanol–water partition coefficient (Wildman–Crippen LogP) is 2.24. The van der Waals surface area contributed by atoms with Gasteiger partial charge in [-0.3, -0.25) is 4.79 Å². The van der Waals surface area contributed by atoms with Gasteiger partial charge in [-0.05, 0) is 13.0 Å². The molecule has 0 amide bonds. The third kappa shape index (κ3) is 1.87. The minimum absolute atomic E-state index is 0.0835. The Morgan fingerprint density at radius 3 is 2.38 bits per heavy atom. The molecule has 0 aliphatic carbocycles. The van der Waals surface area contributed by atoms with Gasteiger partial charge in [-0.2, -0.15) is 0 Å². The summed E-state index contributed by atoms with van der Waals surface area (Å²) in [5, 5.41) is 8.84. The van der Waals surface area contributed by atoms with Gasteiger partial charge in [0, 0.05) is 5.56 Å². The number of halogens is 1. The van der Waals surface area contributed by atoms with Crippen LogP contribution in [0.4, 0.5) is 0 Å². The maximum atomic E-state index is 11.0. The smallest absolute Gasteiger partial charge is 0.337 e. The fraction of sp³-hybridized carbons (Fsp3) is 0.111. The van der Waals surface area contributed by atoms with Crippen LogP contribution in [-0.2, 0) is 0 Å². The molecule has 1 aromatic carbocycles. The minimum atomic E-state index is -1.18. The average Bonchev–Trinajstić information content (AvgIpc) is 2.02. The number of hydrogen-bond acceptors (Lipinski definition) is 2. The van der Waals surface area contributed by atoms with Crippen molar-refractivity contribution < 1.29 is 14.7 Å². The first-order valence-corrected chi connectivity index (χ1v) is 3.94. The number of hydrogen-bond donors (Lipinski definition) is 1. The molecule has 0 bridgehead atoms. The van der Waals surface area contributed by atoms with Crippen LogP contribution in [0.2, 0.25) is 5.02 Å². The summed E-state index contributed by atoms with van der Waals surface area (Å²) in [6.07, 6.45) is 0. The molecule has 0 saturated carbocycles. The van der Waals surface area contributed by atoms with E-state index in [1.165, 1.54) is 19.1 Å². The Hall–Kier alpha value is -1.35. The Morgan fingerprint density at radius 2 is 2.00 bits per heavy atom. The lowest BCUT2D eigenvalue weighted by molar-refractivity contribution is 0.0692. The van der Waals surface area contributed by atoms with Crippen LogP contribution in [0.5, 0.6) is 0 Å². The van der Waals surface area contributed by atoms with Crippen molar-refractivity contribution in [2.45, 2.75) is 6.92 Å². The van der Waals surface area contributed by atoms with Gasteiger partial charge in [-0.1, -0.05) is 23.7 Å². The molecule has 0 fully saturated rings. The molecule has 0 heterocycles. The van der Waals surface area contributed by atoms with Gasteiger partial charge >= 0.3 is 5.97 Å². The van der Waals surface area contributed by atoms with Crippen molar-refractivity contribution in [1.29, 1.82) is 0 Å². The highest BCUT2D eigenvalue weighted by molar-refractivity contribution is 6.34. The van der Waals surface area contributed by atoms with Crippen LogP contribution in [-0.4, -0.2) is 16.9 Å². The summed E-state index contributed by atoms with van der Waals surface area (Å²) in [6, 6.07) is 4.43. The molecular weight excluding hydrogens is 192 g/mol. The maximum absolute atomic E-state index is 11.0. The fourth-order valence-corrected chi connectivity index (χ4v) is 1.29. The van der Waals surface area contributed by atoms with E-state index in [9.17, 15) is 9.59 Å². The molecule has 0 radical (unpaired) electrons. The second-order valence-corrected chi connectivity index (χ2v) is 2.93. The van der Waals surface area contributed by atoms with Crippen molar-refractivity contribution in [2.75, 3.05) is 0 Å². The van der Waals surface area contributed by atoms with Crippen LogP contribution in [0, 0.1) is 0 Å². The van der Waals surface area contributed by atoms with Crippen LogP contribution in [0.25, 0.3) is 0 Å². The summed E-state index contributed by atoms with van der Waals surface area (Å²) >= 11 is 5.64. The minimum Gasteiger partial charge on any atom is -0.478 e. The van der Waals surface area contributed by atoms with Crippen LogP contribution in [0.15, 0.2) is 18.2 Å². The summed E-state index contributed by atoms with van der Waals surface area (Å²) < 4.78 is 0. The van der Waals surface area contributed by atoms with Gasteiger partial charge in [0.25, 0.3) is 0 Å². The Kier molecular flexibility index (Phi) is 2.68. The van der Waals surface area contributed by atoms with Gasteiger partial charge in [0.1, 0.15) is 0 Å². The fourth-order valence-electron chi connectivity index (χ4n) is 1.03. The van der Waals surface area contributed by atoms with Crippen LogP contribution in [0.3, 0.4) is 0 Å². The van der Waals surface area contributed by atoms with E-state index in [4.69, 9.17) is 16.7 Å². The van der Waals surface area contributed by atoms with Crippen molar-refractivity contribution in [1.82, 2.24) is 0 Å². The van der Waals surface area contributed by atoms with E-state index >= 15 is 0 Å². The lowest BCUT2D eigenvalue weighted by atomic mass is 10.0. The lowest BCUT2D eigenvalue weighted by Gasteiger charge is -2.03. The van der Waals surface area contributed by atoms with Gasteiger partial charge in [-0.15, -0.1) is 0 Å². The zero-order valence-corrected chi connectivity index (χ0v) is 7.63. The summed E-state index contributed by atoms with van der Waals surface area (Å²) in [6.45, 7) is 1.30. The highest BCUT2D eigenvalue weighted by atomic mass is 35.5. The van der Waals surface area contributed by atoms with Crippen LogP contribution >= 0.6 is 11.6 Å². The topological polar surface area (TPSA) is 54.4 Å². The Balaban J connectivity index is 3.43. The maximum Gasteiger partial charge on any atom is 0.337 e. The van der Waals surface area contributed by atoms with Crippen LogP contribution in [0.1, 0.15) is 27.6 Å². The van der Waals surface area contributed by atoms with Crippen molar-refractivity contribution in [3.63, 3.8) is 0 Å². The van der Waals surface area contributed by atoms with E-state index < -0.39 is 5.97 Å². The molecule has 3 nitrogen and oxygen atoms in total.